The van der Waals surface area contributed by atoms with E-state index in [1.807, 2.05) is 72.4 Å². The average molecular weight is 551 g/mol. The fraction of sp³-hybridized carbons (Fsp3) is 0.357. The van der Waals surface area contributed by atoms with E-state index in [2.05, 4.69) is 19.9 Å². The van der Waals surface area contributed by atoms with Crippen LogP contribution in [0.1, 0.15) is 11.1 Å². The fourth-order valence-corrected chi connectivity index (χ4v) is 4.04. The minimum atomic E-state index is -0.187. The first-order chi connectivity index (χ1) is 19.4. The first kappa shape index (κ1) is 28.6. The number of aromatic nitrogens is 4. The van der Waals surface area contributed by atoms with Crippen LogP contribution < -0.4 is 28.7 Å². The molecule has 0 amide bonds. The smallest absolute Gasteiger partial charge is 0.319 e. The van der Waals surface area contributed by atoms with Gasteiger partial charge in [0.2, 0.25) is 0 Å². The monoisotopic (exact) mass is 550 g/mol. The molecular formula is C28H34N6O6. The van der Waals surface area contributed by atoms with Crippen LogP contribution in [0.15, 0.2) is 48.5 Å². The van der Waals surface area contributed by atoms with Gasteiger partial charge in [0.25, 0.3) is 0 Å². The molecular weight excluding hydrogens is 516 g/mol. The molecule has 12 heteroatoms. The van der Waals surface area contributed by atoms with Crippen LogP contribution in [0.25, 0.3) is 11.0 Å². The van der Waals surface area contributed by atoms with E-state index in [1.54, 1.807) is 14.2 Å². The molecule has 0 unspecified atom stereocenters. The third-order valence-corrected chi connectivity index (χ3v) is 5.99. The molecule has 2 N–H and O–H groups in total. The molecule has 0 aliphatic heterocycles. The summed E-state index contributed by atoms with van der Waals surface area (Å²) in [6.45, 7) is 0.693. The Morgan fingerprint density at radius 3 is 1.30 bits per heavy atom. The van der Waals surface area contributed by atoms with E-state index < -0.39 is 0 Å². The summed E-state index contributed by atoms with van der Waals surface area (Å²) in [7, 11) is 7.03. The second-order valence-corrected chi connectivity index (χ2v) is 8.91. The largest absolute Gasteiger partial charge is 0.497 e. The normalized spacial score (nSPS) is 10.8. The van der Waals surface area contributed by atoms with Crippen molar-refractivity contribution in [3.63, 3.8) is 0 Å². The first-order valence-electron chi connectivity index (χ1n) is 12.7. The molecule has 0 aliphatic rings. The van der Waals surface area contributed by atoms with Crippen LogP contribution in [0.4, 0.5) is 11.6 Å². The van der Waals surface area contributed by atoms with E-state index >= 15 is 0 Å². The highest BCUT2D eigenvalue weighted by atomic mass is 16.5. The van der Waals surface area contributed by atoms with Crippen LogP contribution in [0, 0.1) is 0 Å². The molecule has 2 heterocycles. The maximum atomic E-state index is 9.34. The van der Waals surface area contributed by atoms with Crippen LogP contribution in [0.2, 0.25) is 0 Å². The van der Waals surface area contributed by atoms with E-state index in [9.17, 15) is 10.2 Å². The van der Waals surface area contributed by atoms with E-state index in [1.165, 1.54) is 0 Å². The van der Waals surface area contributed by atoms with Gasteiger partial charge < -0.3 is 39.0 Å². The van der Waals surface area contributed by atoms with Gasteiger partial charge in [0.05, 0.1) is 27.4 Å². The zero-order valence-electron chi connectivity index (χ0n) is 23.1. The molecule has 0 atom stereocenters. The number of methoxy groups -OCH3 is 2. The molecule has 0 saturated heterocycles. The average Bonchev–Trinajstić information content (AvgIpc) is 2.98. The number of hydrogen-bond donors (Lipinski definition) is 2. The Morgan fingerprint density at radius 2 is 0.975 bits per heavy atom. The molecule has 4 rings (SSSR count). The standard InChI is InChI=1S/C28H34N6O6/c1-33(17-19-5-9-21(37-3)10-6-19)25-23-24(30-27(31-25)39-15-13-35)26(32-28(29-23)40-16-14-36)34(2)18-20-7-11-22(38-4)12-8-20/h5-12,35-36H,13-18H2,1-4H3. The van der Waals surface area contributed by atoms with Crippen LogP contribution in [-0.4, -0.2) is 84.9 Å². The van der Waals surface area contributed by atoms with Gasteiger partial charge in [-0.3, -0.25) is 0 Å². The minimum absolute atomic E-state index is 0.0305. The summed E-state index contributed by atoms with van der Waals surface area (Å²) in [5, 5.41) is 18.7. The summed E-state index contributed by atoms with van der Waals surface area (Å²) < 4.78 is 21.8. The van der Waals surface area contributed by atoms with E-state index in [0.717, 1.165) is 22.6 Å². The lowest BCUT2D eigenvalue weighted by Gasteiger charge is -2.23. The van der Waals surface area contributed by atoms with Crippen LogP contribution in [0.5, 0.6) is 23.5 Å². The van der Waals surface area contributed by atoms with E-state index in [4.69, 9.17) is 18.9 Å². The van der Waals surface area contributed by atoms with E-state index in [0.29, 0.717) is 35.8 Å². The Bertz CT molecular complexity index is 1280. The zero-order chi connectivity index (χ0) is 28.5. The van der Waals surface area contributed by atoms with Crippen molar-refractivity contribution < 1.29 is 29.2 Å². The number of fused-ring (bicyclic) bond motifs is 1. The highest BCUT2D eigenvalue weighted by Crippen LogP contribution is 2.32. The van der Waals surface area contributed by atoms with Crippen molar-refractivity contribution >= 4 is 22.7 Å². The molecule has 2 aromatic carbocycles. The zero-order valence-corrected chi connectivity index (χ0v) is 23.1. The second-order valence-electron chi connectivity index (χ2n) is 8.91. The molecule has 0 fully saturated rings. The molecule has 0 radical (unpaired) electrons. The number of aliphatic hydroxyl groups excluding tert-OH is 2. The summed E-state index contributed by atoms with van der Waals surface area (Å²) in [5.41, 5.74) is 2.95. The summed E-state index contributed by atoms with van der Waals surface area (Å²) in [6.07, 6.45) is 0. The van der Waals surface area contributed by atoms with Crippen molar-refractivity contribution in [1.82, 2.24) is 19.9 Å². The van der Waals surface area contributed by atoms with Gasteiger partial charge in [-0.15, -0.1) is 0 Å². The number of aliphatic hydroxyl groups is 2. The molecule has 0 spiro atoms. The fourth-order valence-electron chi connectivity index (χ4n) is 4.04. The third-order valence-electron chi connectivity index (χ3n) is 5.99. The number of nitrogens with zero attached hydrogens (tertiary/aromatic N) is 6. The molecule has 12 nitrogen and oxygen atoms in total. The van der Waals surface area contributed by atoms with Crippen LogP contribution >= 0.6 is 0 Å². The third kappa shape index (κ3) is 6.96. The number of benzene rings is 2. The van der Waals surface area contributed by atoms with Crippen molar-refractivity contribution in [2.45, 2.75) is 13.1 Å². The quantitative estimate of drug-likeness (QED) is 0.239. The van der Waals surface area contributed by atoms with Gasteiger partial charge in [-0.2, -0.15) is 19.9 Å². The maximum Gasteiger partial charge on any atom is 0.319 e. The number of rotatable bonds is 14. The summed E-state index contributed by atoms with van der Waals surface area (Å²) in [6, 6.07) is 15.6. The summed E-state index contributed by atoms with van der Waals surface area (Å²) in [5.74, 6) is 2.51. The molecule has 0 saturated carbocycles. The SMILES string of the molecule is COc1ccc(CN(C)c2nc(OCCO)nc3c(N(C)Cc4ccc(OC)cc4)nc(OCCO)nc23)cc1. The molecule has 212 valence electrons. The van der Waals surface area contributed by atoms with Crippen molar-refractivity contribution in [2.75, 3.05) is 64.5 Å². The van der Waals surface area contributed by atoms with Crippen LogP contribution in [0.3, 0.4) is 0 Å². The predicted octanol–water partition coefficient (Wildman–Crippen LogP) is 2.45. The highest BCUT2D eigenvalue weighted by Gasteiger charge is 2.22. The number of hydrogen-bond acceptors (Lipinski definition) is 12. The lowest BCUT2D eigenvalue weighted by Crippen LogP contribution is -2.22. The topological polar surface area (TPSA) is 135 Å². The van der Waals surface area contributed by atoms with Crippen molar-refractivity contribution in [1.29, 1.82) is 0 Å². The molecule has 40 heavy (non-hydrogen) atoms. The summed E-state index contributed by atoms with van der Waals surface area (Å²) >= 11 is 0. The van der Waals surface area contributed by atoms with Gasteiger partial charge in [-0.1, -0.05) is 24.3 Å². The first-order valence-corrected chi connectivity index (χ1v) is 12.7. The highest BCUT2D eigenvalue weighted by molar-refractivity contribution is 5.93. The maximum absolute atomic E-state index is 9.34. The van der Waals surface area contributed by atoms with Crippen molar-refractivity contribution in [3.05, 3.63) is 59.7 Å². The minimum Gasteiger partial charge on any atom is -0.497 e. The molecule has 4 aromatic rings. The second kappa shape index (κ2) is 13.6. The molecule has 2 aromatic heterocycles. The number of anilines is 2. The summed E-state index contributed by atoms with van der Waals surface area (Å²) in [4.78, 5) is 22.3. The van der Waals surface area contributed by atoms with Crippen molar-refractivity contribution in [2.24, 2.45) is 0 Å². The van der Waals surface area contributed by atoms with Crippen molar-refractivity contribution in [3.8, 4) is 23.5 Å². The van der Waals surface area contributed by atoms with Crippen LogP contribution in [-0.2, 0) is 13.1 Å². The predicted molar refractivity (Wildman–Crippen MR) is 150 cm³/mol. The van der Waals surface area contributed by atoms with Gasteiger partial charge in [0.1, 0.15) is 35.7 Å². The van der Waals surface area contributed by atoms with Gasteiger partial charge in [-0.25, -0.2) is 0 Å². The van der Waals surface area contributed by atoms with Gasteiger partial charge in [-0.05, 0) is 35.4 Å². The van der Waals surface area contributed by atoms with Gasteiger partial charge >= 0.3 is 12.0 Å². The Kier molecular flexibility index (Phi) is 9.71. The molecule has 0 bridgehead atoms. The Morgan fingerprint density at radius 1 is 0.600 bits per heavy atom. The number of ether oxygens (including phenoxy) is 4. The molecule has 0 aliphatic carbocycles. The Labute approximate surface area is 232 Å². The lowest BCUT2D eigenvalue weighted by atomic mass is 10.2. The van der Waals surface area contributed by atoms with E-state index in [-0.39, 0.29) is 38.4 Å². The van der Waals surface area contributed by atoms with Gasteiger partial charge in [0.15, 0.2) is 11.6 Å². The van der Waals surface area contributed by atoms with Gasteiger partial charge in [0, 0.05) is 27.2 Å². The Hall–Kier alpha value is -4.42. The Balaban J connectivity index is 1.79. The lowest BCUT2D eigenvalue weighted by molar-refractivity contribution is 0.191.